The second-order valence-corrected chi connectivity index (χ2v) is 7.53. The number of guanidine groups is 1. The van der Waals surface area contributed by atoms with Crippen LogP contribution < -0.4 is 20.1 Å². The molecule has 0 radical (unpaired) electrons. The van der Waals surface area contributed by atoms with Crippen molar-refractivity contribution in [1.82, 2.24) is 5.32 Å². The van der Waals surface area contributed by atoms with E-state index in [9.17, 15) is 20.5 Å². The Morgan fingerprint density at radius 1 is 1.26 bits per heavy atom. The van der Waals surface area contributed by atoms with Crippen molar-refractivity contribution in [3.05, 3.63) is 58.1 Å². The molecular formula is C22H25N5O7. The first kappa shape index (κ1) is 24.7. The van der Waals surface area contributed by atoms with Gasteiger partial charge in [0, 0.05) is 37.6 Å². The summed E-state index contributed by atoms with van der Waals surface area (Å²) in [5.74, 6) is 0.899. The molecule has 3 N–H and O–H groups in total. The topological polar surface area (TPSA) is 160 Å². The van der Waals surface area contributed by atoms with E-state index < -0.39 is 29.0 Å². The highest BCUT2D eigenvalue weighted by molar-refractivity contribution is 5.94. The van der Waals surface area contributed by atoms with Gasteiger partial charge in [-0.25, -0.2) is 4.99 Å². The lowest BCUT2D eigenvalue weighted by molar-refractivity contribution is -0.385. The van der Waals surface area contributed by atoms with Crippen LogP contribution in [0.1, 0.15) is 18.5 Å². The van der Waals surface area contributed by atoms with E-state index in [-0.39, 0.29) is 23.0 Å². The zero-order chi connectivity index (χ0) is 24.9. The number of aliphatic imine (C=N–C) groups is 1. The number of ether oxygens (including phenoxy) is 4. The number of rotatable bonds is 7. The van der Waals surface area contributed by atoms with Crippen molar-refractivity contribution < 1.29 is 29.0 Å². The van der Waals surface area contributed by atoms with Crippen molar-refractivity contribution >= 4 is 17.3 Å². The van der Waals surface area contributed by atoms with Crippen LogP contribution in [0.5, 0.6) is 11.5 Å². The number of nitrogens with zero attached hydrogens (tertiary/aromatic N) is 3. The molecule has 0 amide bonds. The smallest absolute Gasteiger partial charge is 0.270 e. The Labute approximate surface area is 195 Å². The van der Waals surface area contributed by atoms with Crippen molar-refractivity contribution in [2.75, 3.05) is 26.6 Å². The van der Waals surface area contributed by atoms with Gasteiger partial charge in [-0.2, -0.15) is 5.26 Å². The Kier molecular flexibility index (Phi) is 7.52. The van der Waals surface area contributed by atoms with E-state index in [1.807, 2.05) is 0 Å². The van der Waals surface area contributed by atoms with E-state index in [1.54, 1.807) is 44.5 Å². The van der Waals surface area contributed by atoms with Gasteiger partial charge in [0.15, 0.2) is 18.1 Å². The quantitative estimate of drug-likeness (QED) is 0.104. The first-order valence-electron chi connectivity index (χ1n) is 10.1. The molecule has 2 aromatic carbocycles. The van der Waals surface area contributed by atoms with E-state index in [4.69, 9.17) is 18.9 Å². The lowest BCUT2D eigenvalue weighted by Gasteiger charge is -2.45. The number of nitrogens with one attached hydrogen (secondary N) is 2. The molecule has 0 saturated heterocycles. The van der Waals surface area contributed by atoms with Gasteiger partial charge in [0.2, 0.25) is 5.96 Å². The van der Waals surface area contributed by atoms with Gasteiger partial charge >= 0.3 is 0 Å². The van der Waals surface area contributed by atoms with Crippen LogP contribution in [0.25, 0.3) is 0 Å². The monoisotopic (exact) mass is 471 g/mol. The van der Waals surface area contributed by atoms with E-state index >= 15 is 0 Å². The minimum Gasteiger partial charge on any atom is -0.497 e. The van der Waals surface area contributed by atoms with Gasteiger partial charge < -0.3 is 29.4 Å². The largest absolute Gasteiger partial charge is 0.497 e. The molecular weight excluding hydrogens is 446 g/mol. The fourth-order valence-electron chi connectivity index (χ4n) is 3.75. The molecule has 0 spiro atoms. The Balaban J connectivity index is 2.10. The highest BCUT2D eigenvalue weighted by atomic mass is 16.7. The third-order valence-corrected chi connectivity index (χ3v) is 5.43. The maximum atomic E-state index is 11.4. The second-order valence-electron chi connectivity index (χ2n) is 7.53. The number of nitro benzene ring substituents is 1. The summed E-state index contributed by atoms with van der Waals surface area (Å²) in [7, 11) is 4.33. The summed E-state index contributed by atoms with van der Waals surface area (Å²) in [5, 5.41) is 37.4. The zero-order valence-electron chi connectivity index (χ0n) is 19.0. The van der Waals surface area contributed by atoms with Crippen molar-refractivity contribution in [1.29, 1.82) is 5.26 Å². The number of nitro groups is 1. The molecule has 12 heteroatoms. The second kappa shape index (κ2) is 10.3. The van der Waals surface area contributed by atoms with Crippen LogP contribution in [0.4, 0.5) is 11.4 Å². The molecule has 1 aliphatic heterocycles. The van der Waals surface area contributed by atoms with E-state index in [0.717, 1.165) is 0 Å². The fourth-order valence-corrected chi connectivity index (χ4v) is 3.75. The van der Waals surface area contributed by atoms with E-state index in [2.05, 4.69) is 15.6 Å². The highest BCUT2D eigenvalue weighted by Crippen LogP contribution is 2.45. The molecule has 180 valence electrons. The van der Waals surface area contributed by atoms with Crippen LogP contribution in [0.2, 0.25) is 0 Å². The summed E-state index contributed by atoms with van der Waals surface area (Å²) >= 11 is 0. The van der Waals surface area contributed by atoms with Crippen molar-refractivity contribution in [3.8, 4) is 17.7 Å². The van der Waals surface area contributed by atoms with Crippen LogP contribution in [0.15, 0.2) is 47.5 Å². The van der Waals surface area contributed by atoms with Crippen molar-refractivity contribution in [2.45, 2.75) is 31.0 Å². The average Bonchev–Trinajstić information content (AvgIpc) is 2.83. The summed E-state index contributed by atoms with van der Waals surface area (Å²) in [6, 6.07) is 9.76. The lowest BCUT2D eigenvalue weighted by Crippen LogP contribution is -2.59. The number of aliphatic hydroxyl groups excluding tert-OH is 1. The number of benzene rings is 2. The molecule has 0 saturated carbocycles. The summed E-state index contributed by atoms with van der Waals surface area (Å²) in [6.45, 7) is 1.58. The third kappa shape index (κ3) is 4.86. The minimum atomic E-state index is -1.43. The number of hydrogen-bond acceptors (Lipinski definition) is 9. The molecule has 3 atom stereocenters. The molecule has 2 aromatic rings. The first-order valence-corrected chi connectivity index (χ1v) is 10.1. The molecule has 0 aliphatic carbocycles. The van der Waals surface area contributed by atoms with Gasteiger partial charge in [-0.15, -0.1) is 0 Å². The van der Waals surface area contributed by atoms with Gasteiger partial charge in [0.25, 0.3) is 5.69 Å². The lowest BCUT2D eigenvalue weighted by atomic mass is 9.84. The van der Waals surface area contributed by atoms with Crippen molar-refractivity contribution in [3.63, 3.8) is 0 Å². The summed E-state index contributed by atoms with van der Waals surface area (Å²) in [6.07, 6.45) is -0.574. The number of methoxy groups -OCH3 is 3. The number of fused-ring (bicyclic) bond motifs is 1. The Morgan fingerprint density at radius 2 is 1.94 bits per heavy atom. The molecule has 1 heterocycles. The predicted molar refractivity (Wildman–Crippen MR) is 121 cm³/mol. The average molecular weight is 471 g/mol. The maximum absolute atomic E-state index is 11.4. The standard InChI is InChI=1S/C22H25N5O7/c1-22(20(32-3)33-4)19(28)18(16-11-14(27(29)30)7-10-17(16)34-22)26-21(24-12-23)25-13-5-8-15(31-2)9-6-13/h5-11,18-20,28H,1-4H3,(H2,24,25,26)/t18-,19+,22+/m1/s1. The Hall–Kier alpha value is -3.92. The molecule has 12 nitrogen and oxygen atoms in total. The molecule has 0 fully saturated rings. The molecule has 0 unspecified atom stereocenters. The van der Waals surface area contributed by atoms with Gasteiger partial charge in [-0.3, -0.25) is 15.4 Å². The number of hydrogen-bond donors (Lipinski definition) is 3. The van der Waals surface area contributed by atoms with E-state index in [1.165, 1.54) is 32.4 Å². The highest BCUT2D eigenvalue weighted by Gasteiger charge is 2.52. The number of nitriles is 1. The van der Waals surface area contributed by atoms with Gasteiger partial charge in [0.1, 0.15) is 23.6 Å². The van der Waals surface area contributed by atoms with Crippen LogP contribution >= 0.6 is 0 Å². The summed E-state index contributed by atoms with van der Waals surface area (Å²) in [5.41, 5.74) is -0.790. The molecule has 34 heavy (non-hydrogen) atoms. The predicted octanol–water partition coefficient (Wildman–Crippen LogP) is 2.31. The summed E-state index contributed by atoms with van der Waals surface area (Å²) in [4.78, 5) is 15.3. The molecule has 0 aromatic heterocycles. The maximum Gasteiger partial charge on any atom is 0.270 e. The SMILES string of the molecule is COc1ccc(NC(=N[C@@H]2c3cc([N+](=O)[O-])ccc3O[C@](C)(C(OC)OC)[C@H]2O)NC#N)cc1. The molecule has 3 rings (SSSR count). The number of non-ortho nitro benzene ring substituents is 1. The van der Waals surface area contributed by atoms with Gasteiger partial charge in [-0.1, -0.05) is 0 Å². The normalized spacial score (nSPS) is 21.7. The third-order valence-electron chi connectivity index (χ3n) is 5.43. The Morgan fingerprint density at radius 3 is 2.50 bits per heavy atom. The minimum absolute atomic E-state index is 0.00445. The molecule has 0 bridgehead atoms. The van der Waals surface area contributed by atoms with E-state index in [0.29, 0.717) is 11.4 Å². The first-order chi connectivity index (χ1) is 16.3. The number of anilines is 1. The molecule has 1 aliphatic rings. The number of aliphatic hydroxyl groups is 1. The summed E-state index contributed by atoms with van der Waals surface area (Å²) < 4.78 is 21.9. The Bertz CT molecular complexity index is 1100. The zero-order valence-corrected chi connectivity index (χ0v) is 19.0. The van der Waals surface area contributed by atoms with Crippen LogP contribution in [-0.4, -0.2) is 55.3 Å². The van der Waals surface area contributed by atoms with Gasteiger partial charge in [0.05, 0.1) is 12.0 Å². The van der Waals surface area contributed by atoms with Crippen molar-refractivity contribution in [2.24, 2.45) is 4.99 Å². The van der Waals surface area contributed by atoms with Gasteiger partial charge in [-0.05, 0) is 37.3 Å². The van der Waals surface area contributed by atoms with Crippen LogP contribution in [0, 0.1) is 21.6 Å². The fraction of sp³-hybridized carbons (Fsp3) is 0.364. The van der Waals surface area contributed by atoms with Crippen LogP contribution in [0.3, 0.4) is 0 Å². The van der Waals surface area contributed by atoms with Crippen LogP contribution in [-0.2, 0) is 9.47 Å².